The van der Waals surface area contributed by atoms with E-state index < -0.39 is 30.1 Å². The summed E-state index contributed by atoms with van der Waals surface area (Å²) >= 11 is 1.40. The number of nitrogens with zero attached hydrogens (tertiary/aromatic N) is 1. The second kappa shape index (κ2) is 6.75. The molecular weight excluding hydrogens is 388 g/mol. The van der Waals surface area contributed by atoms with Gasteiger partial charge < -0.3 is 25.7 Å². The minimum absolute atomic E-state index is 0.000220. The van der Waals surface area contributed by atoms with Gasteiger partial charge >= 0.3 is 12.0 Å². The summed E-state index contributed by atoms with van der Waals surface area (Å²) < 4.78 is 0. The molecule has 4 amide bonds. The number of aliphatic hydroxyl groups excluding tert-OH is 1. The summed E-state index contributed by atoms with van der Waals surface area (Å²) in [5, 5.41) is 27.6. The zero-order chi connectivity index (χ0) is 20.3. The van der Waals surface area contributed by atoms with E-state index in [0.717, 1.165) is 0 Å². The topological polar surface area (TPSA) is 148 Å². The molecule has 0 aromatic rings. The second-order valence-corrected chi connectivity index (χ2v) is 9.04. The first-order valence-electron chi connectivity index (χ1n) is 9.20. The maximum atomic E-state index is 12.4. The summed E-state index contributed by atoms with van der Waals surface area (Å²) in [6.07, 6.45) is -0.262. The largest absolute Gasteiger partial charge is 0.477 e. The second-order valence-electron chi connectivity index (χ2n) is 7.70. The molecule has 4 heterocycles. The van der Waals surface area contributed by atoms with Crippen LogP contribution in [0.4, 0.5) is 4.79 Å². The van der Waals surface area contributed by atoms with Crippen LogP contribution in [0.2, 0.25) is 0 Å². The number of β-lactam (4-membered cyclic amide) rings is 1. The average Bonchev–Trinajstić information content (AvgIpc) is 3.25. The Morgan fingerprint density at radius 2 is 2.04 bits per heavy atom. The molecule has 0 radical (unpaired) electrons. The fraction of sp³-hybridized carbons (Fsp3) is 0.647. The molecule has 0 bridgehead atoms. The Labute approximate surface area is 165 Å². The van der Waals surface area contributed by atoms with Crippen LogP contribution >= 0.6 is 11.8 Å². The molecule has 0 aromatic heterocycles. The van der Waals surface area contributed by atoms with Crippen molar-refractivity contribution in [2.75, 3.05) is 6.54 Å². The van der Waals surface area contributed by atoms with Crippen LogP contribution in [0.1, 0.15) is 20.3 Å². The lowest BCUT2D eigenvalue weighted by Crippen LogP contribution is -2.63. The Bertz CT molecular complexity index is 799. The van der Waals surface area contributed by atoms with Crippen LogP contribution in [0.15, 0.2) is 10.6 Å². The lowest BCUT2D eigenvalue weighted by Gasteiger charge is -2.46. The number of carboxylic acids is 1. The SMILES string of the molecule is C[C@@H](O)[C@H]1C(=O)N2C(C(=O)O)=C(S[C@@H]3CN[C@H](C4NC(=O)NC4=O)C3)[C@H](C)[C@H]12. The molecule has 7 atom stereocenters. The number of carboxylic acid groups (broad SMARTS) is 1. The average molecular weight is 410 g/mol. The molecule has 0 spiro atoms. The van der Waals surface area contributed by atoms with Gasteiger partial charge in [0, 0.05) is 28.7 Å². The van der Waals surface area contributed by atoms with Crippen molar-refractivity contribution < 1.29 is 29.4 Å². The predicted molar refractivity (Wildman–Crippen MR) is 97.9 cm³/mol. The van der Waals surface area contributed by atoms with Crippen LogP contribution in [0.3, 0.4) is 0 Å². The van der Waals surface area contributed by atoms with E-state index in [1.807, 2.05) is 6.92 Å². The number of carbonyl (C=O) groups excluding carboxylic acids is 3. The number of imide groups is 1. The van der Waals surface area contributed by atoms with E-state index in [1.165, 1.54) is 16.7 Å². The van der Waals surface area contributed by atoms with Crippen LogP contribution in [0.5, 0.6) is 0 Å². The zero-order valence-electron chi connectivity index (χ0n) is 15.3. The first-order chi connectivity index (χ1) is 13.2. The maximum absolute atomic E-state index is 12.4. The number of hydrogen-bond donors (Lipinski definition) is 5. The molecule has 5 N–H and O–H groups in total. The molecule has 10 nitrogen and oxygen atoms in total. The Hall–Kier alpha value is -2.11. The number of hydrogen-bond acceptors (Lipinski definition) is 7. The molecule has 3 saturated heterocycles. The van der Waals surface area contributed by atoms with E-state index in [2.05, 4.69) is 16.0 Å². The van der Waals surface area contributed by atoms with Gasteiger partial charge in [-0.05, 0) is 13.3 Å². The summed E-state index contributed by atoms with van der Waals surface area (Å²) in [5.41, 5.74) is -0.000220. The Morgan fingerprint density at radius 3 is 2.61 bits per heavy atom. The number of urea groups is 1. The van der Waals surface area contributed by atoms with E-state index in [-0.39, 0.29) is 40.8 Å². The summed E-state index contributed by atoms with van der Waals surface area (Å²) in [7, 11) is 0. The Kier molecular flexibility index (Phi) is 4.63. The van der Waals surface area contributed by atoms with Crippen molar-refractivity contribution in [1.82, 2.24) is 20.9 Å². The summed E-state index contributed by atoms with van der Waals surface area (Å²) in [5.74, 6) is -2.66. The standard InChI is InChI=1S/C17H22N4O6S/c1-5-11-9(6(2)22)15(24)21(11)12(16(25)26)13(5)28-7-3-8(18-4-7)10-14(23)20-17(27)19-10/h5-11,18,22H,3-4H2,1-2H3,(H,25,26)(H2,19,20,23,27)/t5-,6-,7+,8+,9-,10?,11-/m1/s1. The van der Waals surface area contributed by atoms with Crippen molar-refractivity contribution in [3.8, 4) is 0 Å². The molecule has 4 aliphatic rings. The van der Waals surface area contributed by atoms with Gasteiger partial charge in [-0.3, -0.25) is 14.9 Å². The maximum Gasteiger partial charge on any atom is 0.353 e. The van der Waals surface area contributed by atoms with Gasteiger partial charge in [-0.25, -0.2) is 9.59 Å². The quantitative estimate of drug-likeness (QED) is 0.281. The predicted octanol–water partition coefficient (Wildman–Crippen LogP) is -1.19. The van der Waals surface area contributed by atoms with Gasteiger partial charge in [-0.15, -0.1) is 11.8 Å². The number of fused-ring (bicyclic) bond motifs is 1. The monoisotopic (exact) mass is 410 g/mol. The molecule has 152 valence electrons. The van der Waals surface area contributed by atoms with Crippen LogP contribution < -0.4 is 16.0 Å². The van der Waals surface area contributed by atoms with Gasteiger partial charge in [-0.1, -0.05) is 6.92 Å². The highest BCUT2D eigenvalue weighted by Crippen LogP contribution is 2.51. The summed E-state index contributed by atoms with van der Waals surface area (Å²) in [6.45, 7) is 3.98. The van der Waals surface area contributed by atoms with Gasteiger partial charge in [0.2, 0.25) is 5.91 Å². The Morgan fingerprint density at radius 1 is 1.32 bits per heavy atom. The van der Waals surface area contributed by atoms with Crippen LogP contribution in [-0.4, -0.2) is 75.0 Å². The fourth-order valence-electron chi connectivity index (χ4n) is 4.65. The van der Waals surface area contributed by atoms with E-state index in [4.69, 9.17) is 0 Å². The summed E-state index contributed by atoms with van der Waals surface area (Å²) in [4.78, 5) is 49.3. The highest BCUT2D eigenvalue weighted by molar-refractivity contribution is 8.03. The van der Waals surface area contributed by atoms with Crippen LogP contribution in [0, 0.1) is 11.8 Å². The van der Waals surface area contributed by atoms with Gasteiger partial charge in [0.1, 0.15) is 11.7 Å². The minimum atomic E-state index is -1.15. The number of nitrogens with one attached hydrogen (secondary N) is 3. The Balaban J connectivity index is 1.50. The third kappa shape index (κ3) is 2.80. The first kappa shape index (κ1) is 19.2. The third-order valence-electron chi connectivity index (χ3n) is 5.94. The molecule has 0 saturated carbocycles. The molecule has 0 aliphatic carbocycles. The van der Waals surface area contributed by atoms with Crippen molar-refractivity contribution in [2.24, 2.45) is 11.8 Å². The third-order valence-corrected chi connectivity index (χ3v) is 7.45. The van der Waals surface area contributed by atoms with Gasteiger partial charge in [-0.2, -0.15) is 0 Å². The normalized spacial score (nSPS) is 38.2. The van der Waals surface area contributed by atoms with Crippen LogP contribution in [0.25, 0.3) is 0 Å². The van der Waals surface area contributed by atoms with Gasteiger partial charge in [0.25, 0.3) is 5.91 Å². The molecule has 1 unspecified atom stereocenters. The van der Waals surface area contributed by atoms with E-state index in [9.17, 15) is 29.4 Å². The lowest BCUT2D eigenvalue weighted by atomic mass is 9.79. The number of thioether (sulfide) groups is 1. The minimum Gasteiger partial charge on any atom is -0.477 e. The molecule has 4 rings (SSSR count). The molecule has 11 heteroatoms. The fourth-order valence-corrected chi connectivity index (χ4v) is 6.14. The molecular formula is C17H22N4O6S. The number of aliphatic hydroxyl groups is 1. The van der Waals surface area contributed by atoms with E-state index in [0.29, 0.717) is 17.9 Å². The van der Waals surface area contributed by atoms with E-state index in [1.54, 1.807) is 6.92 Å². The molecule has 4 aliphatic heterocycles. The van der Waals surface area contributed by atoms with Crippen molar-refractivity contribution >= 4 is 35.6 Å². The highest BCUT2D eigenvalue weighted by Gasteiger charge is 2.60. The number of carbonyl (C=O) groups is 4. The lowest BCUT2D eigenvalue weighted by molar-refractivity contribution is -0.163. The first-order valence-corrected chi connectivity index (χ1v) is 10.1. The number of aliphatic carboxylic acids is 1. The number of rotatable bonds is 5. The van der Waals surface area contributed by atoms with Crippen molar-refractivity contribution in [2.45, 2.75) is 49.7 Å². The van der Waals surface area contributed by atoms with Gasteiger partial charge in [0.05, 0.1) is 18.1 Å². The van der Waals surface area contributed by atoms with E-state index >= 15 is 0 Å². The van der Waals surface area contributed by atoms with Crippen molar-refractivity contribution in [1.29, 1.82) is 0 Å². The molecule has 28 heavy (non-hydrogen) atoms. The zero-order valence-corrected chi connectivity index (χ0v) is 16.2. The molecule has 3 fully saturated rings. The van der Waals surface area contributed by atoms with Crippen molar-refractivity contribution in [3.63, 3.8) is 0 Å². The van der Waals surface area contributed by atoms with Gasteiger partial charge in [0.15, 0.2) is 0 Å². The highest BCUT2D eigenvalue weighted by atomic mass is 32.2. The van der Waals surface area contributed by atoms with Crippen molar-refractivity contribution in [3.05, 3.63) is 10.6 Å². The number of amides is 4. The van der Waals surface area contributed by atoms with Crippen LogP contribution in [-0.2, 0) is 14.4 Å². The molecule has 0 aromatic carbocycles. The summed E-state index contributed by atoms with van der Waals surface area (Å²) in [6, 6.07) is -1.74. The smallest absolute Gasteiger partial charge is 0.353 e.